The molecular formula is C52H48N4O12. The van der Waals surface area contributed by atoms with Crippen molar-refractivity contribution in [1.29, 1.82) is 0 Å². The third-order valence-corrected chi connectivity index (χ3v) is 15.1. The van der Waals surface area contributed by atoms with Gasteiger partial charge in [-0.25, -0.2) is 19.6 Å². The first-order valence-electron chi connectivity index (χ1n) is 23.4. The lowest BCUT2D eigenvalue weighted by Crippen LogP contribution is -2.44. The van der Waals surface area contributed by atoms with Crippen molar-refractivity contribution in [3.8, 4) is 34.3 Å². The van der Waals surface area contributed by atoms with E-state index in [-0.39, 0.29) is 84.0 Å². The standard InChI is InChI=1S/C52H48N4O12/c1-5-27-31-17-25(13-15-39(31)53-43-33(27)21-55-41(43)19-37-35(45(55)57)23-65-49(61)51(37,63)7-3)67-47(59)29-11-9-10-12-30(29)48(60)68-26-14-16-40-32(18-26)28(6-2)34-22-56-42(44(34)54-40)20-38-36(46(56)58)24-66-50(62)52(38,64)8-4/h13-20,29-30,63-64H,5-12,21-24H2,1-4H3/t29?,30?,51-,52-/m0/s1. The molecule has 1 saturated carbocycles. The molecular weight excluding hydrogens is 873 g/mol. The van der Waals surface area contributed by atoms with Gasteiger partial charge in [0.1, 0.15) is 24.7 Å². The molecule has 5 aliphatic rings. The number of ether oxygens (including phenoxy) is 4. The van der Waals surface area contributed by atoms with Crippen molar-refractivity contribution < 1.29 is 48.3 Å². The number of hydrogen-bond donors (Lipinski definition) is 2. The molecule has 11 rings (SSSR count). The molecule has 0 spiro atoms. The van der Waals surface area contributed by atoms with Crippen molar-refractivity contribution in [2.75, 3.05) is 0 Å². The topological polar surface area (TPSA) is 215 Å². The average molecular weight is 921 g/mol. The summed E-state index contributed by atoms with van der Waals surface area (Å²) >= 11 is 0. The number of carbonyl (C=O) groups is 4. The van der Waals surface area contributed by atoms with Gasteiger partial charge >= 0.3 is 23.9 Å². The molecule has 4 aromatic heterocycles. The van der Waals surface area contributed by atoms with E-state index in [2.05, 4.69) is 0 Å². The third kappa shape index (κ3) is 6.25. The van der Waals surface area contributed by atoms with Crippen molar-refractivity contribution in [2.24, 2.45) is 11.8 Å². The predicted molar refractivity (Wildman–Crippen MR) is 245 cm³/mol. The number of aryl methyl sites for hydroxylation is 2. The van der Waals surface area contributed by atoms with Gasteiger partial charge in [-0.3, -0.25) is 19.2 Å². The lowest BCUT2D eigenvalue weighted by atomic mass is 9.79. The van der Waals surface area contributed by atoms with Crippen LogP contribution in [0.3, 0.4) is 0 Å². The Morgan fingerprint density at radius 2 is 1.04 bits per heavy atom. The summed E-state index contributed by atoms with van der Waals surface area (Å²) in [6.45, 7) is 7.33. The van der Waals surface area contributed by atoms with E-state index >= 15 is 0 Å². The molecule has 2 unspecified atom stereocenters. The van der Waals surface area contributed by atoms with E-state index in [4.69, 9.17) is 28.9 Å². The Bertz CT molecular complexity index is 3170. The van der Waals surface area contributed by atoms with Crippen molar-refractivity contribution >= 4 is 45.7 Å². The monoisotopic (exact) mass is 920 g/mol. The maximum absolute atomic E-state index is 14.1. The minimum absolute atomic E-state index is 0.0371. The minimum atomic E-state index is -1.94. The van der Waals surface area contributed by atoms with Crippen LogP contribution in [0.4, 0.5) is 0 Å². The molecule has 2 N–H and O–H groups in total. The fourth-order valence-electron chi connectivity index (χ4n) is 11.3. The lowest BCUT2D eigenvalue weighted by molar-refractivity contribution is -0.172. The zero-order valence-corrected chi connectivity index (χ0v) is 38.0. The molecule has 16 nitrogen and oxygen atoms in total. The molecule has 4 atom stereocenters. The molecule has 68 heavy (non-hydrogen) atoms. The highest BCUT2D eigenvalue weighted by molar-refractivity contribution is 5.93. The summed E-state index contributed by atoms with van der Waals surface area (Å²) in [5.41, 5.74) is 3.26. The van der Waals surface area contributed by atoms with Crippen LogP contribution >= 0.6 is 0 Å². The molecule has 1 aliphatic carbocycles. The maximum atomic E-state index is 14.1. The first kappa shape index (κ1) is 43.5. The van der Waals surface area contributed by atoms with Crippen LogP contribution in [-0.2, 0) is 79.0 Å². The van der Waals surface area contributed by atoms with Gasteiger partial charge in [-0.15, -0.1) is 0 Å². The number of carbonyl (C=O) groups excluding carboxylic acids is 4. The van der Waals surface area contributed by atoms with Crippen molar-refractivity contribution in [2.45, 2.75) is 117 Å². The van der Waals surface area contributed by atoms with Gasteiger partial charge in [-0.05, 0) is 98.2 Å². The quantitative estimate of drug-likeness (QED) is 0.134. The van der Waals surface area contributed by atoms with Gasteiger partial charge in [0.25, 0.3) is 11.1 Å². The van der Waals surface area contributed by atoms with E-state index in [9.17, 15) is 39.0 Å². The summed E-state index contributed by atoms with van der Waals surface area (Å²) in [4.78, 5) is 91.0. The number of nitrogens with zero attached hydrogens (tertiary/aromatic N) is 4. The number of rotatable bonds is 8. The molecule has 6 aromatic rings. The normalized spacial score (nSPS) is 22.1. The number of cyclic esters (lactones) is 2. The highest BCUT2D eigenvalue weighted by Crippen LogP contribution is 2.44. The second-order valence-corrected chi connectivity index (χ2v) is 18.4. The Balaban J connectivity index is 0.849. The van der Waals surface area contributed by atoms with Crippen LogP contribution in [0.15, 0.2) is 58.1 Å². The summed E-state index contributed by atoms with van der Waals surface area (Å²) in [6.07, 6.45) is 3.57. The largest absolute Gasteiger partial charge is 0.458 e. The molecule has 8 heterocycles. The maximum Gasteiger partial charge on any atom is 0.343 e. The van der Waals surface area contributed by atoms with Crippen molar-refractivity contribution in [3.63, 3.8) is 0 Å². The number of pyridine rings is 4. The summed E-state index contributed by atoms with van der Waals surface area (Å²) in [5.74, 6) is -3.60. The Hall–Kier alpha value is -7.04. The zero-order valence-electron chi connectivity index (χ0n) is 38.0. The molecule has 1 fully saturated rings. The summed E-state index contributed by atoms with van der Waals surface area (Å²) in [5, 5.41) is 24.1. The lowest BCUT2D eigenvalue weighted by Gasteiger charge is -2.31. The Morgan fingerprint density at radius 3 is 1.43 bits per heavy atom. The molecule has 0 radical (unpaired) electrons. The Labute approximate surface area is 388 Å². The van der Waals surface area contributed by atoms with Crippen LogP contribution in [0, 0.1) is 11.8 Å². The highest BCUT2D eigenvalue weighted by Gasteiger charge is 2.47. The van der Waals surface area contributed by atoms with Crippen LogP contribution in [0.1, 0.15) is 111 Å². The molecule has 348 valence electrons. The number of fused-ring (bicyclic) bond motifs is 10. The number of aromatic nitrogens is 4. The van der Waals surface area contributed by atoms with Gasteiger partial charge < -0.3 is 38.3 Å². The smallest absolute Gasteiger partial charge is 0.343 e. The molecule has 4 aliphatic heterocycles. The van der Waals surface area contributed by atoms with E-state index in [1.165, 1.54) is 0 Å². The van der Waals surface area contributed by atoms with Gasteiger partial charge in [0.05, 0.1) is 69.9 Å². The summed E-state index contributed by atoms with van der Waals surface area (Å²) < 4.78 is 25.8. The summed E-state index contributed by atoms with van der Waals surface area (Å²) in [7, 11) is 0. The van der Waals surface area contributed by atoms with Crippen LogP contribution in [-0.4, -0.2) is 53.2 Å². The van der Waals surface area contributed by atoms with Gasteiger partial charge in [0.2, 0.25) is 0 Å². The molecule has 0 amide bonds. The van der Waals surface area contributed by atoms with Gasteiger partial charge in [-0.2, -0.15) is 0 Å². The highest BCUT2D eigenvalue weighted by atomic mass is 16.6. The van der Waals surface area contributed by atoms with Crippen molar-refractivity contribution in [1.82, 2.24) is 19.1 Å². The minimum Gasteiger partial charge on any atom is -0.458 e. The van der Waals surface area contributed by atoms with E-state index in [1.807, 2.05) is 13.8 Å². The van der Waals surface area contributed by atoms with Gasteiger partial charge in [0.15, 0.2) is 11.2 Å². The van der Waals surface area contributed by atoms with Crippen LogP contribution in [0.2, 0.25) is 0 Å². The fraction of sp³-hybridized carbons (Fsp3) is 0.385. The van der Waals surface area contributed by atoms with Crippen LogP contribution in [0.25, 0.3) is 44.6 Å². The predicted octanol–water partition coefficient (Wildman–Crippen LogP) is 5.91. The van der Waals surface area contributed by atoms with E-state index in [1.54, 1.807) is 71.5 Å². The fourth-order valence-corrected chi connectivity index (χ4v) is 11.3. The first-order valence-corrected chi connectivity index (χ1v) is 23.4. The Kier molecular flexibility index (Phi) is 10.1. The number of esters is 4. The van der Waals surface area contributed by atoms with Gasteiger partial charge in [-0.1, -0.05) is 40.5 Å². The second kappa shape index (κ2) is 15.8. The van der Waals surface area contributed by atoms with Crippen molar-refractivity contribution in [3.05, 3.63) is 114 Å². The van der Waals surface area contributed by atoms with E-state index < -0.39 is 46.9 Å². The third-order valence-electron chi connectivity index (χ3n) is 15.1. The molecule has 2 aromatic carbocycles. The Morgan fingerprint density at radius 1 is 0.632 bits per heavy atom. The molecule has 0 saturated heterocycles. The molecule has 16 heteroatoms. The van der Waals surface area contributed by atoms with E-state index in [0.717, 1.165) is 45.9 Å². The SMILES string of the molecule is CCc1c2c(nc3ccc(OC(=O)C4CCCCC4C(=O)Oc4ccc5nc6c(c(CC)c5c4)Cn4c-6cc5c(c4=O)COC(=O)[C@]5(O)CC)cc13)-c1cc3c(c(=O)n1C2)COC(=O)[C@]3(O)CC. The van der Waals surface area contributed by atoms with Gasteiger partial charge in [0, 0.05) is 33.0 Å². The van der Waals surface area contributed by atoms with Crippen LogP contribution in [0.5, 0.6) is 11.5 Å². The number of benzene rings is 2. The number of hydrogen-bond acceptors (Lipinski definition) is 14. The first-order chi connectivity index (χ1) is 32.7. The second-order valence-electron chi connectivity index (χ2n) is 18.4. The molecule has 0 bridgehead atoms. The summed E-state index contributed by atoms with van der Waals surface area (Å²) in [6, 6.07) is 13.7. The zero-order chi connectivity index (χ0) is 47.6. The van der Waals surface area contributed by atoms with E-state index in [0.29, 0.717) is 59.5 Å². The average Bonchev–Trinajstić information content (AvgIpc) is 3.91. The number of aliphatic hydroxyl groups is 2. The van der Waals surface area contributed by atoms with Crippen LogP contribution < -0.4 is 20.6 Å².